The van der Waals surface area contributed by atoms with Crippen LogP contribution >= 0.6 is 0 Å². The van der Waals surface area contributed by atoms with E-state index in [9.17, 15) is 4.79 Å². The largest absolute Gasteiger partial charge is 0.383 e. The van der Waals surface area contributed by atoms with Crippen LogP contribution in [0.3, 0.4) is 0 Å². The zero-order chi connectivity index (χ0) is 15.6. The van der Waals surface area contributed by atoms with Gasteiger partial charge in [-0.2, -0.15) is 0 Å². The zero-order valence-electron chi connectivity index (χ0n) is 13.5. The topological polar surface area (TPSA) is 45.7 Å². The van der Waals surface area contributed by atoms with Crippen LogP contribution in [0.5, 0.6) is 0 Å². The normalized spacial score (nSPS) is 25.3. The molecular weight excluding hydrogens is 278 g/mol. The Morgan fingerprint density at radius 1 is 1.32 bits per heavy atom. The second-order valence-corrected chi connectivity index (χ2v) is 6.48. The van der Waals surface area contributed by atoms with Crippen LogP contribution < -0.4 is 4.90 Å². The van der Waals surface area contributed by atoms with Crippen molar-refractivity contribution in [2.75, 3.05) is 44.8 Å². The van der Waals surface area contributed by atoms with E-state index in [0.717, 1.165) is 50.4 Å². The summed E-state index contributed by atoms with van der Waals surface area (Å²) in [7, 11) is 1.68. The van der Waals surface area contributed by atoms with E-state index in [0.29, 0.717) is 19.1 Å². The molecule has 5 heteroatoms. The van der Waals surface area contributed by atoms with Gasteiger partial charge in [0.1, 0.15) is 5.82 Å². The molecule has 0 saturated carbocycles. The Kier molecular flexibility index (Phi) is 4.34. The Balaban J connectivity index is 1.74. The molecule has 1 aromatic rings. The summed E-state index contributed by atoms with van der Waals surface area (Å²) in [5.41, 5.74) is 0.814. The Morgan fingerprint density at radius 3 is 2.95 bits per heavy atom. The molecule has 120 valence electrons. The van der Waals surface area contributed by atoms with Gasteiger partial charge in [-0.25, -0.2) is 4.98 Å². The number of nitrogens with zero attached hydrogens (tertiary/aromatic N) is 3. The number of piperidine rings is 1. The van der Waals surface area contributed by atoms with Gasteiger partial charge in [0.25, 0.3) is 0 Å². The Hall–Kier alpha value is -1.62. The number of aromatic nitrogens is 1. The quantitative estimate of drug-likeness (QED) is 0.852. The van der Waals surface area contributed by atoms with Crippen molar-refractivity contribution in [1.82, 2.24) is 9.88 Å². The molecule has 1 unspecified atom stereocenters. The molecule has 3 heterocycles. The minimum Gasteiger partial charge on any atom is -0.383 e. The summed E-state index contributed by atoms with van der Waals surface area (Å²) < 4.78 is 5.12. The van der Waals surface area contributed by atoms with Crippen molar-refractivity contribution in [3.8, 4) is 0 Å². The van der Waals surface area contributed by atoms with Crippen molar-refractivity contribution in [3.05, 3.63) is 23.9 Å². The number of hydrogen-bond donors (Lipinski definition) is 0. The molecular formula is C17H25N3O2. The maximum Gasteiger partial charge on any atom is 0.230 e. The van der Waals surface area contributed by atoms with Gasteiger partial charge in [-0.05, 0) is 38.3 Å². The zero-order valence-corrected chi connectivity index (χ0v) is 13.5. The number of hydrogen-bond acceptors (Lipinski definition) is 4. The van der Waals surface area contributed by atoms with Crippen molar-refractivity contribution < 1.29 is 9.53 Å². The Labute approximate surface area is 132 Å². The SMILES string of the molecule is COCCN1CCC2(CCCN(c3cccc(C)n3)C2)C1=O. The second-order valence-electron chi connectivity index (χ2n) is 6.48. The average Bonchev–Trinajstić information content (AvgIpc) is 2.82. The number of aryl methyl sites for hydroxylation is 1. The predicted octanol–water partition coefficient (Wildman–Crippen LogP) is 1.86. The fourth-order valence-corrected chi connectivity index (χ4v) is 3.72. The van der Waals surface area contributed by atoms with Gasteiger partial charge in [-0.15, -0.1) is 0 Å². The van der Waals surface area contributed by atoms with Gasteiger partial charge >= 0.3 is 0 Å². The molecule has 0 N–H and O–H groups in total. The third-order valence-corrected chi connectivity index (χ3v) is 4.94. The van der Waals surface area contributed by atoms with Gasteiger partial charge < -0.3 is 14.5 Å². The molecule has 2 saturated heterocycles. The van der Waals surface area contributed by atoms with E-state index in [-0.39, 0.29) is 5.41 Å². The number of pyridine rings is 1. The molecule has 1 aromatic heterocycles. The summed E-state index contributed by atoms with van der Waals surface area (Å²) in [6.07, 6.45) is 3.01. The van der Waals surface area contributed by atoms with Gasteiger partial charge in [-0.1, -0.05) is 6.07 Å². The third kappa shape index (κ3) is 2.82. The fourth-order valence-electron chi connectivity index (χ4n) is 3.72. The van der Waals surface area contributed by atoms with E-state index in [1.54, 1.807) is 7.11 Å². The number of ether oxygens (including phenoxy) is 1. The van der Waals surface area contributed by atoms with E-state index in [1.807, 2.05) is 30.0 Å². The molecule has 0 aliphatic carbocycles. The van der Waals surface area contributed by atoms with Crippen molar-refractivity contribution in [2.24, 2.45) is 5.41 Å². The van der Waals surface area contributed by atoms with Crippen molar-refractivity contribution in [3.63, 3.8) is 0 Å². The highest BCUT2D eigenvalue weighted by molar-refractivity contribution is 5.85. The van der Waals surface area contributed by atoms with Crippen LogP contribution in [0.1, 0.15) is 25.0 Å². The predicted molar refractivity (Wildman–Crippen MR) is 85.9 cm³/mol. The van der Waals surface area contributed by atoms with Gasteiger partial charge in [0, 0.05) is 39.0 Å². The van der Waals surface area contributed by atoms with Gasteiger partial charge in [0.05, 0.1) is 12.0 Å². The molecule has 22 heavy (non-hydrogen) atoms. The summed E-state index contributed by atoms with van der Waals surface area (Å²) in [4.78, 5) is 21.7. The summed E-state index contributed by atoms with van der Waals surface area (Å²) in [6.45, 7) is 5.98. The molecule has 1 amide bonds. The first kappa shape index (κ1) is 15.3. The molecule has 0 bridgehead atoms. The van der Waals surface area contributed by atoms with Crippen LogP contribution in [0.2, 0.25) is 0 Å². The highest BCUT2D eigenvalue weighted by Gasteiger charge is 2.48. The van der Waals surface area contributed by atoms with Crippen LogP contribution in [0, 0.1) is 12.3 Å². The molecule has 2 aliphatic rings. The van der Waals surface area contributed by atoms with Crippen LogP contribution in [0.15, 0.2) is 18.2 Å². The first-order chi connectivity index (χ1) is 10.6. The van der Waals surface area contributed by atoms with Gasteiger partial charge in [0.15, 0.2) is 0 Å². The fraction of sp³-hybridized carbons (Fsp3) is 0.647. The molecule has 2 fully saturated rings. The number of likely N-dealkylation sites (tertiary alicyclic amines) is 1. The molecule has 0 radical (unpaired) electrons. The van der Waals surface area contributed by atoms with E-state index in [2.05, 4.69) is 9.88 Å². The first-order valence-corrected chi connectivity index (χ1v) is 8.12. The van der Waals surface area contributed by atoms with Crippen molar-refractivity contribution in [1.29, 1.82) is 0 Å². The third-order valence-electron chi connectivity index (χ3n) is 4.94. The second kappa shape index (κ2) is 6.24. The lowest BCUT2D eigenvalue weighted by molar-refractivity contribution is -0.137. The summed E-state index contributed by atoms with van der Waals surface area (Å²) in [6, 6.07) is 6.10. The molecule has 3 rings (SSSR count). The standard InChI is InChI=1S/C17H25N3O2/c1-14-5-3-6-15(18-14)20-9-4-7-17(13-20)8-10-19(16(17)21)11-12-22-2/h3,5-6H,4,7-13H2,1-2H3. The number of carbonyl (C=O) groups is 1. The molecule has 1 spiro atoms. The van der Waals surface area contributed by atoms with E-state index >= 15 is 0 Å². The summed E-state index contributed by atoms with van der Waals surface area (Å²) in [5.74, 6) is 1.31. The number of rotatable bonds is 4. The number of carbonyl (C=O) groups excluding carboxylic acids is 1. The smallest absolute Gasteiger partial charge is 0.230 e. The lowest BCUT2D eigenvalue weighted by Crippen LogP contribution is -2.48. The minimum atomic E-state index is -0.211. The molecule has 1 atom stereocenters. The maximum atomic E-state index is 12.9. The van der Waals surface area contributed by atoms with Gasteiger partial charge in [-0.3, -0.25) is 4.79 Å². The lowest BCUT2D eigenvalue weighted by atomic mass is 9.78. The maximum absolute atomic E-state index is 12.9. The number of methoxy groups -OCH3 is 1. The lowest BCUT2D eigenvalue weighted by Gasteiger charge is -2.39. The number of amides is 1. The monoisotopic (exact) mass is 303 g/mol. The molecule has 2 aliphatic heterocycles. The van der Waals surface area contributed by atoms with Crippen molar-refractivity contribution >= 4 is 11.7 Å². The first-order valence-electron chi connectivity index (χ1n) is 8.12. The summed E-state index contributed by atoms with van der Waals surface area (Å²) >= 11 is 0. The highest BCUT2D eigenvalue weighted by atomic mass is 16.5. The minimum absolute atomic E-state index is 0.211. The van der Waals surface area contributed by atoms with Crippen LogP contribution in [0.25, 0.3) is 0 Å². The van der Waals surface area contributed by atoms with E-state index in [1.165, 1.54) is 0 Å². The highest BCUT2D eigenvalue weighted by Crippen LogP contribution is 2.40. The van der Waals surface area contributed by atoms with E-state index in [4.69, 9.17) is 4.74 Å². The Bertz CT molecular complexity index is 548. The summed E-state index contributed by atoms with van der Waals surface area (Å²) in [5, 5.41) is 0. The molecule has 0 aromatic carbocycles. The number of anilines is 1. The van der Waals surface area contributed by atoms with Crippen LogP contribution in [-0.4, -0.2) is 55.7 Å². The van der Waals surface area contributed by atoms with Crippen LogP contribution in [-0.2, 0) is 9.53 Å². The van der Waals surface area contributed by atoms with E-state index < -0.39 is 0 Å². The van der Waals surface area contributed by atoms with Crippen LogP contribution in [0.4, 0.5) is 5.82 Å². The average molecular weight is 303 g/mol. The van der Waals surface area contributed by atoms with Gasteiger partial charge in [0.2, 0.25) is 5.91 Å². The Morgan fingerprint density at radius 2 is 2.18 bits per heavy atom. The van der Waals surface area contributed by atoms with Crippen molar-refractivity contribution in [2.45, 2.75) is 26.2 Å². The molecule has 5 nitrogen and oxygen atoms in total.